The zero-order valence-electron chi connectivity index (χ0n) is 8.17. The van der Waals surface area contributed by atoms with E-state index >= 15 is 0 Å². The van der Waals surface area contributed by atoms with Crippen molar-refractivity contribution in [2.75, 3.05) is 0 Å². The van der Waals surface area contributed by atoms with E-state index in [0.29, 0.717) is 0 Å². The van der Waals surface area contributed by atoms with Gasteiger partial charge in [-0.05, 0) is 46.9 Å². The van der Waals surface area contributed by atoms with E-state index in [2.05, 4.69) is 12.6 Å². The zero-order chi connectivity index (χ0) is 12.5. The summed E-state index contributed by atoms with van der Waals surface area (Å²) in [5.74, 6) is 0. The van der Waals surface area contributed by atoms with Gasteiger partial charge in [-0.3, -0.25) is 14.4 Å². The van der Waals surface area contributed by atoms with Gasteiger partial charge in [-0.15, -0.1) is 12.6 Å². The Morgan fingerprint density at radius 2 is 1.24 bits per heavy atom. The maximum atomic E-state index is 11.0. The first kappa shape index (κ1) is 17.1. The van der Waals surface area contributed by atoms with Crippen LogP contribution in [0.25, 0.3) is 0 Å². The van der Waals surface area contributed by atoms with Crippen LogP contribution in [0, 0.1) is 0 Å². The quantitative estimate of drug-likeness (QED) is 0.510. The molecule has 17 heavy (non-hydrogen) atoms. The van der Waals surface area contributed by atoms with Gasteiger partial charge in [-0.1, -0.05) is 0 Å². The van der Waals surface area contributed by atoms with Crippen molar-refractivity contribution >= 4 is 63.2 Å². The predicted molar refractivity (Wildman–Crippen MR) is 64.2 cm³/mol. The molecule has 1 aromatic carbocycles. The molecule has 0 unspecified atom stereocenters. The molecular weight excluding hydrogens is 360 g/mol. The third-order valence-corrected chi connectivity index (χ3v) is 2.87. The van der Waals surface area contributed by atoms with Gasteiger partial charge in [0.1, 0.15) is 0 Å². The van der Waals surface area contributed by atoms with E-state index in [1.807, 2.05) is 0 Å². The maximum absolute atomic E-state index is 11.0. The number of thiol groups is 1. The van der Waals surface area contributed by atoms with Crippen molar-refractivity contribution in [1.29, 1.82) is 0 Å². The van der Waals surface area contributed by atoms with E-state index < -0.39 is 15.7 Å². The SMILES string of the molecule is O=C(Cl)c1cc(C(=O)Cl)c(S)c(C(=O)Cl)c1.[Zn]. The molecule has 0 aliphatic heterocycles. The summed E-state index contributed by atoms with van der Waals surface area (Å²) in [5, 5.41) is -2.54. The van der Waals surface area contributed by atoms with Crippen molar-refractivity contribution in [2.45, 2.75) is 4.90 Å². The smallest absolute Gasteiger partial charge is 0.253 e. The normalized spacial score (nSPS) is 9.41. The number of hydrogen-bond donors (Lipinski definition) is 1. The molecule has 1 aromatic rings. The van der Waals surface area contributed by atoms with Gasteiger partial charge in [0.15, 0.2) is 0 Å². The Labute approximate surface area is 130 Å². The van der Waals surface area contributed by atoms with Crippen LogP contribution in [0.15, 0.2) is 17.0 Å². The molecule has 1 rings (SSSR count). The topological polar surface area (TPSA) is 51.2 Å². The number of halogens is 3. The molecule has 0 aliphatic carbocycles. The average molecular weight is 363 g/mol. The molecule has 0 saturated heterocycles. The molecule has 0 heterocycles. The summed E-state index contributed by atoms with van der Waals surface area (Å²) in [6, 6.07) is 2.30. The second kappa shape index (κ2) is 6.86. The van der Waals surface area contributed by atoms with Crippen LogP contribution >= 0.6 is 47.4 Å². The van der Waals surface area contributed by atoms with Gasteiger partial charge in [-0.25, -0.2) is 0 Å². The third-order valence-electron chi connectivity index (χ3n) is 1.76. The number of benzene rings is 1. The van der Waals surface area contributed by atoms with Crippen molar-refractivity contribution in [3.63, 3.8) is 0 Å². The monoisotopic (exact) mass is 360 g/mol. The van der Waals surface area contributed by atoms with E-state index in [0.717, 1.165) is 12.1 Å². The summed E-state index contributed by atoms with van der Waals surface area (Å²) < 4.78 is 0. The van der Waals surface area contributed by atoms with E-state index in [-0.39, 0.29) is 41.1 Å². The van der Waals surface area contributed by atoms with Crippen molar-refractivity contribution in [2.24, 2.45) is 0 Å². The largest absolute Gasteiger partial charge is 0.276 e. The van der Waals surface area contributed by atoms with Crippen molar-refractivity contribution in [3.05, 3.63) is 28.8 Å². The number of carbonyl (C=O) groups excluding carboxylic acids is 3. The Morgan fingerprint density at radius 1 is 0.882 bits per heavy atom. The fourth-order valence-corrected chi connectivity index (χ4v) is 1.92. The molecule has 0 aliphatic rings. The number of carbonyl (C=O) groups is 3. The number of hydrogen-bond acceptors (Lipinski definition) is 4. The van der Waals surface area contributed by atoms with Crippen LogP contribution in [0.4, 0.5) is 0 Å². The summed E-state index contributed by atoms with van der Waals surface area (Å²) in [5.41, 5.74) is -0.242. The minimum absolute atomic E-state index is 0. The van der Waals surface area contributed by atoms with Crippen LogP contribution < -0.4 is 0 Å². The van der Waals surface area contributed by atoms with Gasteiger partial charge >= 0.3 is 0 Å². The Bertz CT molecular complexity index is 469. The van der Waals surface area contributed by atoms with E-state index in [9.17, 15) is 14.4 Å². The summed E-state index contributed by atoms with van der Waals surface area (Å²) in [6.45, 7) is 0. The molecule has 8 heteroatoms. The first-order chi connectivity index (χ1) is 7.34. The first-order valence-corrected chi connectivity index (χ1v) is 5.39. The molecule has 0 atom stereocenters. The minimum atomic E-state index is -0.857. The predicted octanol–water partition coefficient (Wildman–Crippen LogP) is 3.11. The van der Waals surface area contributed by atoms with Crippen LogP contribution in [0.5, 0.6) is 0 Å². The number of rotatable bonds is 3. The third kappa shape index (κ3) is 4.04. The molecule has 0 bridgehead atoms. The van der Waals surface area contributed by atoms with Crippen molar-refractivity contribution in [3.8, 4) is 0 Å². The Hall–Kier alpha value is 0.0734. The molecule has 86 valence electrons. The molecule has 0 fully saturated rings. The van der Waals surface area contributed by atoms with Crippen LogP contribution in [-0.4, -0.2) is 15.7 Å². The fraction of sp³-hybridized carbons (Fsp3) is 0. The Morgan fingerprint density at radius 3 is 1.47 bits per heavy atom. The maximum Gasteiger partial charge on any atom is 0.253 e. The molecule has 0 aromatic heterocycles. The van der Waals surface area contributed by atoms with Crippen LogP contribution in [-0.2, 0) is 19.5 Å². The van der Waals surface area contributed by atoms with Crippen LogP contribution in [0.3, 0.4) is 0 Å². The molecule has 3 nitrogen and oxygen atoms in total. The summed E-state index contributed by atoms with van der Waals surface area (Å²) in [6.07, 6.45) is 0. The standard InChI is InChI=1S/C9H3Cl3O3S.Zn/c10-7(13)3-1-4(8(11)14)6(16)5(2-3)9(12)15;/h1-2,16H;. The second-order valence-electron chi connectivity index (χ2n) is 2.74. The first-order valence-electron chi connectivity index (χ1n) is 3.81. The van der Waals surface area contributed by atoms with Crippen molar-refractivity contribution < 1.29 is 33.9 Å². The minimum Gasteiger partial charge on any atom is -0.276 e. The molecule has 0 N–H and O–H groups in total. The molecule has 0 amide bonds. The van der Waals surface area contributed by atoms with Crippen LogP contribution in [0.2, 0.25) is 0 Å². The summed E-state index contributed by atoms with van der Waals surface area (Å²) >= 11 is 19.7. The Balaban J connectivity index is 0.00000256. The van der Waals surface area contributed by atoms with Gasteiger partial charge in [0.25, 0.3) is 15.7 Å². The molecule has 0 spiro atoms. The van der Waals surface area contributed by atoms with Gasteiger partial charge in [0.2, 0.25) is 0 Å². The van der Waals surface area contributed by atoms with Crippen molar-refractivity contribution in [1.82, 2.24) is 0 Å². The summed E-state index contributed by atoms with van der Waals surface area (Å²) in [4.78, 5) is 33.0. The zero-order valence-corrected chi connectivity index (χ0v) is 14.3. The van der Waals surface area contributed by atoms with E-state index in [1.165, 1.54) is 0 Å². The van der Waals surface area contributed by atoms with Gasteiger partial charge < -0.3 is 0 Å². The molecule has 0 radical (unpaired) electrons. The van der Waals surface area contributed by atoms with Gasteiger partial charge in [-0.2, -0.15) is 0 Å². The Kier molecular flexibility index (Phi) is 6.89. The second-order valence-corrected chi connectivity index (χ2v) is 4.22. The van der Waals surface area contributed by atoms with Crippen LogP contribution in [0.1, 0.15) is 31.1 Å². The van der Waals surface area contributed by atoms with E-state index in [4.69, 9.17) is 34.8 Å². The van der Waals surface area contributed by atoms with Gasteiger partial charge in [0.05, 0.1) is 0 Å². The molecule has 0 saturated carbocycles. The average Bonchev–Trinajstić information content (AvgIpc) is 2.16. The summed E-state index contributed by atoms with van der Waals surface area (Å²) in [7, 11) is 0. The fourth-order valence-electron chi connectivity index (χ4n) is 1.05. The van der Waals surface area contributed by atoms with E-state index in [1.54, 1.807) is 0 Å². The molecular formula is C9H3Cl3O3SZn. The van der Waals surface area contributed by atoms with Gasteiger partial charge in [0, 0.05) is 41.1 Å².